The first-order valence-corrected chi connectivity index (χ1v) is 14.0. The summed E-state index contributed by atoms with van der Waals surface area (Å²) in [6, 6.07) is 0. The van der Waals surface area contributed by atoms with Crippen molar-refractivity contribution >= 4 is 5.82 Å². The van der Waals surface area contributed by atoms with E-state index in [1.165, 1.54) is 68.1 Å². The van der Waals surface area contributed by atoms with E-state index in [9.17, 15) is 0 Å². The van der Waals surface area contributed by atoms with E-state index in [-0.39, 0.29) is 0 Å². The Morgan fingerprint density at radius 1 is 1.26 bits per heavy atom. The Bertz CT molecular complexity index is 852. The number of rotatable bonds is 14. The van der Waals surface area contributed by atoms with Gasteiger partial charge < -0.3 is 5.32 Å². The van der Waals surface area contributed by atoms with E-state index < -0.39 is 0 Å². The molecular weight excluding hydrogens is 426 g/mol. The zero-order valence-corrected chi connectivity index (χ0v) is 23.9. The van der Waals surface area contributed by atoms with Crippen LogP contribution >= 0.6 is 0 Å². The highest BCUT2D eigenvalue weighted by atomic mass is 15.3. The smallest absolute Gasteiger partial charge is 0.128 e. The molecule has 1 aromatic heterocycles. The molecule has 1 aliphatic rings. The lowest BCUT2D eigenvalue weighted by Crippen LogP contribution is -2.22. The van der Waals surface area contributed by atoms with Gasteiger partial charge in [-0.05, 0) is 74.2 Å². The van der Waals surface area contributed by atoms with Crippen molar-refractivity contribution in [2.24, 2.45) is 17.8 Å². The lowest BCUT2D eigenvalue weighted by molar-refractivity contribution is 0.361. The summed E-state index contributed by atoms with van der Waals surface area (Å²) >= 11 is 0. The molecule has 3 atom stereocenters. The second-order valence-corrected chi connectivity index (χ2v) is 9.83. The molecular formula is C32H53N3. The Balaban J connectivity index is 0.00000298. The second kappa shape index (κ2) is 17.2. The molecule has 1 saturated carbocycles. The molecule has 1 aliphatic carbocycles. The minimum atomic E-state index is 0.530. The van der Waals surface area contributed by atoms with Gasteiger partial charge in [0.1, 0.15) is 5.82 Å². The third kappa shape index (κ3) is 10.1. The van der Waals surface area contributed by atoms with Gasteiger partial charge in [0.15, 0.2) is 0 Å². The van der Waals surface area contributed by atoms with Crippen molar-refractivity contribution in [3.05, 3.63) is 72.1 Å². The van der Waals surface area contributed by atoms with Gasteiger partial charge in [-0.15, -0.1) is 0 Å². The van der Waals surface area contributed by atoms with Crippen LogP contribution in [0.4, 0.5) is 0 Å². The molecule has 2 rings (SSSR count). The van der Waals surface area contributed by atoms with E-state index in [0.29, 0.717) is 5.92 Å². The number of hydrogen-bond acceptors (Lipinski definition) is 2. The van der Waals surface area contributed by atoms with E-state index in [4.69, 9.17) is 0 Å². The molecule has 1 fully saturated rings. The van der Waals surface area contributed by atoms with Gasteiger partial charge in [0.05, 0.1) is 6.20 Å². The summed E-state index contributed by atoms with van der Waals surface area (Å²) < 4.78 is 2.02. The fraction of sp³-hybridized carbons (Fsp3) is 0.594. The maximum absolute atomic E-state index is 4.65. The minimum Gasteiger partial charge on any atom is -0.366 e. The van der Waals surface area contributed by atoms with Gasteiger partial charge in [0.2, 0.25) is 0 Å². The van der Waals surface area contributed by atoms with Gasteiger partial charge in [-0.1, -0.05) is 104 Å². The zero-order chi connectivity index (χ0) is 26.2. The van der Waals surface area contributed by atoms with Crippen LogP contribution in [-0.4, -0.2) is 16.3 Å². The Morgan fingerprint density at radius 3 is 2.54 bits per heavy atom. The van der Waals surface area contributed by atoms with Gasteiger partial charge in [-0.2, -0.15) is 5.10 Å². The van der Waals surface area contributed by atoms with Crippen molar-refractivity contribution in [2.45, 2.75) is 99.8 Å². The average molecular weight is 480 g/mol. The van der Waals surface area contributed by atoms with Gasteiger partial charge in [0, 0.05) is 12.2 Å². The number of hydrogen-bond donors (Lipinski definition) is 1. The fourth-order valence-corrected chi connectivity index (χ4v) is 5.00. The summed E-state index contributed by atoms with van der Waals surface area (Å²) in [5.74, 6) is 3.38. The molecule has 3 nitrogen and oxygen atoms in total. The Hall–Kier alpha value is -2.29. The van der Waals surface area contributed by atoms with Crippen molar-refractivity contribution in [1.29, 1.82) is 0 Å². The maximum atomic E-state index is 4.65. The molecule has 196 valence electrons. The summed E-state index contributed by atoms with van der Waals surface area (Å²) in [7, 11) is 0. The number of aromatic nitrogens is 2. The summed E-state index contributed by atoms with van der Waals surface area (Å²) in [4.78, 5) is 0. The molecule has 0 aliphatic heterocycles. The van der Waals surface area contributed by atoms with Crippen molar-refractivity contribution in [1.82, 2.24) is 15.1 Å². The molecule has 1 heterocycles. The van der Waals surface area contributed by atoms with E-state index in [1.54, 1.807) is 0 Å². The third-order valence-corrected chi connectivity index (χ3v) is 7.42. The highest BCUT2D eigenvalue weighted by Gasteiger charge is 2.23. The first kappa shape index (κ1) is 30.7. The summed E-state index contributed by atoms with van der Waals surface area (Å²) in [6.45, 7) is 24.1. The Morgan fingerprint density at radius 2 is 2.00 bits per heavy atom. The maximum Gasteiger partial charge on any atom is 0.128 e. The molecule has 35 heavy (non-hydrogen) atoms. The van der Waals surface area contributed by atoms with Crippen LogP contribution in [0.2, 0.25) is 0 Å². The van der Waals surface area contributed by atoms with E-state index >= 15 is 0 Å². The van der Waals surface area contributed by atoms with Gasteiger partial charge in [-0.25, -0.2) is 4.68 Å². The topological polar surface area (TPSA) is 29.9 Å². The number of allylic oxidation sites excluding steroid dienone is 5. The van der Waals surface area contributed by atoms with Crippen molar-refractivity contribution in [3.63, 3.8) is 0 Å². The van der Waals surface area contributed by atoms with E-state index in [0.717, 1.165) is 29.9 Å². The van der Waals surface area contributed by atoms with Crippen molar-refractivity contribution in [2.75, 3.05) is 6.54 Å². The Kier molecular flexibility index (Phi) is 15.1. The normalized spacial score (nSPS) is 19.4. The van der Waals surface area contributed by atoms with Crippen LogP contribution in [0.1, 0.15) is 97.2 Å². The third-order valence-electron chi connectivity index (χ3n) is 7.42. The second-order valence-electron chi connectivity index (χ2n) is 9.83. The quantitative estimate of drug-likeness (QED) is 0.269. The molecule has 0 aromatic carbocycles. The van der Waals surface area contributed by atoms with Crippen molar-refractivity contribution in [3.8, 4) is 0 Å². The van der Waals surface area contributed by atoms with Crippen molar-refractivity contribution < 1.29 is 0 Å². The fourth-order valence-electron chi connectivity index (χ4n) is 5.00. The molecule has 1 N–H and O–H groups in total. The Labute approximate surface area is 217 Å². The van der Waals surface area contributed by atoms with Crippen LogP contribution in [0.15, 0.2) is 60.9 Å². The predicted molar refractivity (Wildman–Crippen MR) is 156 cm³/mol. The summed E-state index contributed by atoms with van der Waals surface area (Å²) in [6.07, 6.45) is 22.8. The van der Waals surface area contributed by atoms with Crippen LogP contribution in [0.5, 0.6) is 0 Å². The molecule has 3 heteroatoms. The van der Waals surface area contributed by atoms with Gasteiger partial charge in [0.25, 0.3) is 0 Å². The summed E-state index contributed by atoms with van der Waals surface area (Å²) in [5, 5.41) is 8.29. The van der Waals surface area contributed by atoms with E-state index in [1.807, 2.05) is 36.9 Å². The minimum absolute atomic E-state index is 0.530. The molecule has 0 saturated heterocycles. The average Bonchev–Trinajstić information content (AvgIpc) is 3.43. The van der Waals surface area contributed by atoms with Crippen LogP contribution in [0.25, 0.3) is 5.82 Å². The van der Waals surface area contributed by atoms with Crippen LogP contribution in [0.3, 0.4) is 0 Å². The molecule has 0 radical (unpaired) electrons. The monoisotopic (exact) mass is 479 g/mol. The first-order valence-electron chi connectivity index (χ1n) is 14.0. The summed E-state index contributed by atoms with van der Waals surface area (Å²) in [5.41, 5.74) is 4.79. The highest BCUT2D eigenvalue weighted by molar-refractivity contribution is 5.50. The molecule has 3 unspecified atom stereocenters. The van der Waals surface area contributed by atoms with Crippen LogP contribution < -0.4 is 5.32 Å². The lowest BCUT2D eigenvalue weighted by atomic mass is 9.86. The number of aryl methyl sites for hydroxylation is 1. The number of nitrogens with one attached hydrogen (secondary N) is 1. The first-order chi connectivity index (χ1) is 16.9. The van der Waals surface area contributed by atoms with Gasteiger partial charge in [-0.3, -0.25) is 0 Å². The number of nitrogens with zero attached hydrogens (tertiary/aromatic N) is 2. The van der Waals surface area contributed by atoms with Gasteiger partial charge >= 0.3 is 0 Å². The van der Waals surface area contributed by atoms with E-state index in [2.05, 4.69) is 76.4 Å². The standard InChI is InChI=1S/C30H47N3.C2H6/c1-8-11-16-27(10-3)22-31-30(33-26(7)25(6)21-32-33)20-24(5)28(14-9-2)18-13-19-29-17-12-15-23(29)4;1-2/h8,10-11,16,20-21,23,28-29,31H,1,5,9,12-15,17-19,22H2,2-4,6-7H3;1-2H3/b16-11-,27-10+,30-20-;. The van der Waals surface area contributed by atoms with Crippen LogP contribution in [-0.2, 0) is 0 Å². The SMILES string of the molecule is C=C/C=C\C(=C/C)CN/C(=C/C(=C)C(CCC)CCCC1CCCC1C)n1ncc(C)c1C.CC. The highest BCUT2D eigenvalue weighted by Crippen LogP contribution is 2.36. The zero-order valence-electron chi connectivity index (χ0n) is 23.9. The largest absolute Gasteiger partial charge is 0.366 e. The predicted octanol–water partition coefficient (Wildman–Crippen LogP) is 9.18. The molecule has 0 bridgehead atoms. The lowest BCUT2D eigenvalue weighted by Gasteiger charge is -2.21. The molecule has 0 spiro atoms. The van der Waals surface area contributed by atoms with Crippen LogP contribution in [0, 0.1) is 31.6 Å². The molecule has 1 aromatic rings. The molecule has 0 amide bonds.